The van der Waals surface area contributed by atoms with Gasteiger partial charge in [0.05, 0.1) is 11.8 Å². The summed E-state index contributed by atoms with van der Waals surface area (Å²) in [6.07, 6.45) is 8.00. The van der Waals surface area contributed by atoms with Crippen LogP contribution in [0, 0.1) is 6.92 Å². The predicted molar refractivity (Wildman–Crippen MR) is 176 cm³/mol. The smallest absolute Gasteiger partial charge is 0.333 e. The average molecular weight is 559 g/mol. The Bertz CT molecular complexity index is 1520. The van der Waals surface area contributed by atoms with E-state index in [0.29, 0.717) is 5.57 Å². The van der Waals surface area contributed by atoms with Crippen LogP contribution in [0.1, 0.15) is 74.3 Å². The quantitative estimate of drug-likeness (QED) is 0.205. The fourth-order valence-corrected chi connectivity index (χ4v) is 6.02. The maximum absolute atomic E-state index is 12.4. The SMILES string of the molecule is C=C(C)C(=O)OC1CCCCC1N=C1C=CC(=C(c2ccc(C)cc2)c2ccc(N(CC)CC)cc2)c2ccccc21. The van der Waals surface area contributed by atoms with Crippen LogP contribution in [0.15, 0.2) is 102 Å². The Hall–Kier alpha value is -4.18. The topological polar surface area (TPSA) is 41.9 Å². The second kappa shape index (κ2) is 13.2. The van der Waals surface area contributed by atoms with E-state index in [9.17, 15) is 4.79 Å². The van der Waals surface area contributed by atoms with Crippen molar-refractivity contribution < 1.29 is 9.53 Å². The van der Waals surface area contributed by atoms with E-state index in [1.54, 1.807) is 6.92 Å². The minimum absolute atomic E-state index is 0.0653. The van der Waals surface area contributed by atoms with Crippen molar-refractivity contribution in [2.75, 3.05) is 18.0 Å². The minimum Gasteiger partial charge on any atom is -0.457 e. The lowest BCUT2D eigenvalue weighted by Crippen LogP contribution is -2.34. The number of esters is 1. The highest BCUT2D eigenvalue weighted by atomic mass is 16.5. The van der Waals surface area contributed by atoms with Crippen LogP contribution in [0.5, 0.6) is 0 Å². The molecular formula is C38H42N2O2. The second-order valence-electron chi connectivity index (χ2n) is 11.3. The van der Waals surface area contributed by atoms with Crippen LogP contribution in [-0.2, 0) is 9.53 Å². The van der Waals surface area contributed by atoms with Gasteiger partial charge in [0.1, 0.15) is 6.10 Å². The van der Waals surface area contributed by atoms with Gasteiger partial charge in [0.15, 0.2) is 0 Å². The first-order chi connectivity index (χ1) is 20.4. The molecular weight excluding hydrogens is 516 g/mol. The molecule has 2 unspecified atom stereocenters. The van der Waals surface area contributed by atoms with Crippen molar-refractivity contribution in [3.63, 3.8) is 0 Å². The van der Waals surface area contributed by atoms with Crippen molar-refractivity contribution in [3.05, 3.63) is 125 Å². The van der Waals surface area contributed by atoms with Gasteiger partial charge >= 0.3 is 5.97 Å². The van der Waals surface area contributed by atoms with Crippen molar-refractivity contribution in [1.82, 2.24) is 0 Å². The fourth-order valence-electron chi connectivity index (χ4n) is 6.02. The van der Waals surface area contributed by atoms with E-state index < -0.39 is 0 Å². The third-order valence-corrected chi connectivity index (χ3v) is 8.37. The molecule has 0 heterocycles. The summed E-state index contributed by atoms with van der Waals surface area (Å²) in [6, 6.07) is 26.2. The average Bonchev–Trinajstić information content (AvgIpc) is 3.01. The molecule has 4 heteroatoms. The maximum Gasteiger partial charge on any atom is 0.333 e. The highest BCUT2D eigenvalue weighted by molar-refractivity contribution is 6.19. The number of benzene rings is 3. The molecule has 1 saturated carbocycles. The van der Waals surface area contributed by atoms with Gasteiger partial charge < -0.3 is 9.64 Å². The molecule has 0 bridgehead atoms. The van der Waals surface area contributed by atoms with Crippen molar-refractivity contribution in [2.24, 2.45) is 4.99 Å². The molecule has 3 aromatic rings. The zero-order valence-electron chi connectivity index (χ0n) is 25.4. The third-order valence-electron chi connectivity index (χ3n) is 8.37. The largest absolute Gasteiger partial charge is 0.457 e. The number of carbonyl (C=O) groups excluding carboxylic acids is 1. The van der Waals surface area contributed by atoms with Gasteiger partial charge in [-0.05, 0) is 93.0 Å². The number of hydrogen-bond donors (Lipinski definition) is 0. The number of ether oxygens (including phenoxy) is 1. The summed E-state index contributed by atoms with van der Waals surface area (Å²) < 4.78 is 5.84. The molecule has 0 saturated heterocycles. The fraction of sp³-hybridized carbons (Fsp3) is 0.316. The van der Waals surface area contributed by atoms with E-state index in [4.69, 9.17) is 9.73 Å². The van der Waals surface area contributed by atoms with Crippen LogP contribution in [0.25, 0.3) is 11.1 Å². The Kier molecular flexibility index (Phi) is 9.22. The lowest BCUT2D eigenvalue weighted by atomic mass is 9.83. The molecule has 42 heavy (non-hydrogen) atoms. The van der Waals surface area contributed by atoms with Crippen molar-refractivity contribution in [3.8, 4) is 0 Å². The first kappa shape index (κ1) is 29.3. The molecule has 0 aliphatic heterocycles. The lowest BCUT2D eigenvalue weighted by molar-refractivity contribution is -0.146. The van der Waals surface area contributed by atoms with Crippen LogP contribution in [-0.4, -0.2) is 36.9 Å². The number of hydrogen-bond acceptors (Lipinski definition) is 4. The van der Waals surface area contributed by atoms with Crippen LogP contribution >= 0.6 is 0 Å². The molecule has 0 spiro atoms. The van der Waals surface area contributed by atoms with Crippen molar-refractivity contribution >= 4 is 28.5 Å². The Labute approximate surface area is 251 Å². The molecule has 2 atom stereocenters. The highest BCUT2D eigenvalue weighted by Gasteiger charge is 2.29. The van der Waals surface area contributed by atoms with Crippen LogP contribution in [0.2, 0.25) is 0 Å². The summed E-state index contributed by atoms with van der Waals surface area (Å²) in [5.41, 5.74) is 10.9. The standard InChI is InChI=1S/C38H42N2O2/c1-6-40(7-2)30-22-20-29(21-23-30)37(28-18-16-27(5)17-19-28)33-24-25-34(32-13-9-8-12-31(32)33)39-35-14-10-11-15-36(35)42-38(41)26(3)4/h8-9,12-13,16-25,35-36H,3,6-7,10-11,14-15H2,1-2,4-5H3. The van der Waals surface area contributed by atoms with Gasteiger partial charge in [-0.15, -0.1) is 0 Å². The predicted octanol–water partition coefficient (Wildman–Crippen LogP) is 8.59. The lowest BCUT2D eigenvalue weighted by Gasteiger charge is -2.30. The zero-order valence-corrected chi connectivity index (χ0v) is 25.4. The van der Waals surface area contributed by atoms with E-state index in [0.717, 1.165) is 55.6 Å². The maximum atomic E-state index is 12.4. The third kappa shape index (κ3) is 6.33. The van der Waals surface area contributed by atoms with Crippen molar-refractivity contribution in [1.29, 1.82) is 0 Å². The van der Waals surface area contributed by atoms with Gasteiger partial charge in [0.2, 0.25) is 0 Å². The molecule has 3 aromatic carbocycles. The summed E-state index contributed by atoms with van der Waals surface area (Å²) in [6.45, 7) is 13.9. The Morgan fingerprint density at radius 1 is 0.881 bits per heavy atom. The number of carbonyl (C=O) groups is 1. The van der Waals surface area contributed by atoms with E-state index >= 15 is 0 Å². The van der Waals surface area contributed by atoms with Gasteiger partial charge in [-0.25, -0.2) is 4.79 Å². The monoisotopic (exact) mass is 558 g/mol. The highest BCUT2D eigenvalue weighted by Crippen LogP contribution is 2.38. The number of nitrogens with zero attached hydrogens (tertiary/aromatic N) is 2. The zero-order chi connectivity index (χ0) is 29.6. The molecule has 0 N–H and O–H groups in total. The molecule has 5 rings (SSSR count). The van der Waals surface area contributed by atoms with Crippen LogP contribution in [0.3, 0.4) is 0 Å². The Morgan fingerprint density at radius 3 is 2.14 bits per heavy atom. The van der Waals surface area contributed by atoms with E-state index in [1.165, 1.54) is 33.5 Å². The molecule has 2 aliphatic carbocycles. The summed E-state index contributed by atoms with van der Waals surface area (Å²) in [5.74, 6) is -0.327. The number of anilines is 1. The Balaban J connectivity index is 1.60. The summed E-state index contributed by atoms with van der Waals surface area (Å²) in [4.78, 5) is 19.9. The number of rotatable bonds is 8. The summed E-state index contributed by atoms with van der Waals surface area (Å²) >= 11 is 0. The Morgan fingerprint density at radius 2 is 1.50 bits per heavy atom. The first-order valence-corrected chi connectivity index (χ1v) is 15.3. The van der Waals surface area contributed by atoms with Gasteiger partial charge in [0.25, 0.3) is 0 Å². The molecule has 0 aromatic heterocycles. The van der Waals surface area contributed by atoms with E-state index in [1.807, 2.05) is 0 Å². The molecule has 216 valence electrons. The van der Waals surface area contributed by atoms with E-state index in [-0.39, 0.29) is 18.1 Å². The number of allylic oxidation sites excluding steroid dienone is 3. The molecule has 0 radical (unpaired) electrons. The number of aliphatic imine (C=N–C) groups is 1. The van der Waals surface area contributed by atoms with Gasteiger partial charge in [-0.1, -0.05) is 85.3 Å². The normalized spacial score (nSPS) is 20.1. The summed E-state index contributed by atoms with van der Waals surface area (Å²) in [5, 5.41) is 0. The first-order valence-electron chi connectivity index (χ1n) is 15.3. The molecule has 4 nitrogen and oxygen atoms in total. The minimum atomic E-state index is -0.327. The number of fused-ring (bicyclic) bond motifs is 1. The summed E-state index contributed by atoms with van der Waals surface area (Å²) in [7, 11) is 0. The number of aryl methyl sites for hydroxylation is 1. The molecule has 0 amide bonds. The van der Waals surface area contributed by atoms with Crippen molar-refractivity contribution in [2.45, 2.75) is 65.5 Å². The van der Waals surface area contributed by atoms with Crippen LogP contribution < -0.4 is 4.90 Å². The molecule has 2 aliphatic rings. The molecule has 1 fully saturated rings. The second-order valence-corrected chi connectivity index (χ2v) is 11.3. The van der Waals surface area contributed by atoms with Gasteiger partial charge in [-0.3, -0.25) is 4.99 Å². The van der Waals surface area contributed by atoms with Gasteiger partial charge in [-0.2, -0.15) is 0 Å². The van der Waals surface area contributed by atoms with E-state index in [2.05, 4.69) is 117 Å². The van der Waals surface area contributed by atoms with Gasteiger partial charge in [0, 0.05) is 29.9 Å². The van der Waals surface area contributed by atoms with Crippen LogP contribution in [0.4, 0.5) is 5.69 Å².